The highest BCUT2D eigenvalue weighted by Gasteiger charge is 2.14. The fourth-order valence-corrected chi connectivity index (χ4v) is 2.88. The molecule has 0 aliphatic heterocycles. The number of nitrogens with zero attached hydrogens (tertiary/aromatic N) is 2. The summed E-state index contributed by atoms with van der Waals surface area (Å²) in [6.45, 7) is 0. The van der Waals surface area contributed by atoms with E-state index in [9.17, 15) is 9.59 Å². The van der Waals surface area contributed by atoms with Crippen LogP contribution in [0.5, 0.6) is 0 Å². The zero-order valence-electron chi connectivity index (χ0n) is 13.6. The maximum absolute atomic E-state index is 11.9. The molecule has 3 aromatic rings. The number of halogens is 2. The van der Waals surface area contributed by atoms with Crippen molar-refractivity contribution in [1.29, 1.82) is 0 Å². The molecule has 0 saturated heterocycles. The van der Waals surface area contributed by atoms with E-state index >= 15 is 0 Å². The van der Waals surface area contributed by atoms with Crippen molar-refractivity contribution in [2.45, 2.75) is 5.22 Å². The molecule has 0 radical (unpaired) electrons. The molecule has 0 unspecified atom stereocenters. The van der Waals surface area contributed by atoms with Gasteiger partial charge >= 0.3 is 0 Å². The van der Waals surface area contributed by atoms with Gasteiger partial charge in [0.15, 0.2) is 0 Å². The third kappa shape index (κ3) is 5.22. The van der Waals surface area contributed by atoms with Gasteiger partial charge in [0.25, 0.3) is 11.1 Å². The predicted molar refractivity (Wildman–Crippen MR) is 103 cm³/mol. The highest BCUT2D eigenvalue weighted by molar-refractivity contribution is 7.99. The Hall–Kier alpha value is -2.55. The van der Waals surface area contributed by atoms with Crippen LogP contribution in [0.2, 0.25) is 10.0 Å². The standard InChI is InChI=1S/C17H12Cl2N4O3S/c18-11-7-5-10(6-8-11)15(25)21-20-14(24)9-27-17-23-22-16(26-17)12-3-1-2-4-13(12)19/h1-8H,9H2,(H,20,24)(H,21,25). The lowest BCUT2D eigenvalue weighted by molar-refractivity contribution is -0.119. The van der Waals surface area contributed by atoms with E-state index in [-0.39, 0.29) is 16.9 Å². The molecule has 2 aromatic carbocycles. The van der Waals surface area contributed by atoms with Crippen LogP contribution in [-0.2, 0) is 4.79 Å². The number of rotatable bonds is 5. The SMILES string of the molecule is O=C(CSc1nnc(-c2ccccc2Cl)o1)NNC(=O)c1ccc(Cl)cc1. The quantitative estimate of drug-likeness (QED) is 0.481. The molecule has 27 heavy (non-hydrogen) atoms. The Labute approximate surface area is 168 Å². The zero-order valence-corrected chi connectivity index (χ0v) is 15.9. The summed E-state index contributed by atoms with van der Waals surface area (Å²) in [5.74, 6) is -0.645. The summed E-state index contributed by atoms with van der Waals surface area (Å²) in [5.41, 5.74) is 5.60. The number of nitrogens with one attached hydrogen (secondary N) is 2. The van der Waals surface area contributed by atoms with E-state index in [0.717, 1.165) is 11.8 Å². The van der Waals surface area contributed by atoms with Crippen LogP contribution >= 0.6 is 35.0 Å². The van der Waals surface area contributed by atoms with Crippen molar-refractivity contribution >= 4 is 46.8 Å². The molecule has 0 aliphatic rings. The molecular formula is C17H12Cl2N4O3S. The van der Waals surface area contributed by atoms with Gasteiger partial charge in [-0.25, -0.2) is 0 Å². The first-order valence-corrected chi connectivity index (χ1v) is 9.33. The van der Waals surface area contributed by atoms with Crippen LogP contribution in [0.15, 0.2) is 58.2 Å². The number of thioether (sulfide) groups is 1. The normalized spacial score (nSPS) is 10.4. The summed E-state index contributed by atoms with van der Waals surface area (Å²) >= 11 is 12.9. The van der Waals surface area contributed by atoms with Crippen LogP contribution in [0.1, 0.15) is 10.4 Å². The van der Waals surface area contributed by atoms with Gasteiger partial charge in [0.2, 0.25) is 11.8 Å². The van der Waals surface area contributed by atoms with Gasteiger partial charge in [0, 0.05) is 10.6 Å². The smallest absolute Gasteiger partial charge is 0.277 e. The van der Waals surface area contributed by atoms with Crippen molar-refractivity contribution in [3.05, 3.63) is 64.1 Å². The fraction of sp³-hybridized carbons (Fsp3) is 0.0588. The largest absolute Gasteiger partial charge is 0.411 e. The van der Waals surface area contributed by atoms with Crippen molar-refractivity contribution in [2.24, 2.45) is 0 Å². The van der Waals surface area contributed by atoms with E-state index in [1.165, 1.54) is 0 Å². The van der Waals surface area contributed by atoms with E-state index in [4.69, 9.17) is 27.6 Å². The van der Waals surface area contributed by atoms with Gasteiger partial charge in [-0.3, -0.25) is 20.4 Å². The number of carbonyl (C=O) groups is 2. The molecule has 1 heterocycles. The Morgan fingerprint density at radius 1 is 1.00 bits per heavy atom. The summed E-state index contributed by atoms with van der Waals surface area (Å²) in [6, 6.07) is 13.3. The maximum Gasteiger partial charge on any atom is 0.277 e. The number of hydrogen-bond donors (Lipinski definition) is 2. The molecule has 138 valence electrons. The van der Waals surface area contributed by atoms with Gasteiger partial charge in [-0.05, 0) is 36.4 Å². The van der Waals surface area contributed by atoms with Crippen molar-refractivity contribution in [1.82, 2.24) is 21.0 Å². The maximum atomic E-state index is 11.9. The second-order valence-electron chi connectivity index (χ2n) is 5.15. The second-order valence-corrected chi connectivity index (χ2v) is 6.92. The minimum Gasteiger partial charge on any atom is -0.411 e. The number of hydrazine groups is 1. The molecule has 0 aliphatic carbocycles. The van der Waals surface area contributed by atoms with Gasteiger partial charge in [0.1, 0.15) is 0 Å². The Morgan fingerprint density at radius 3 is 2.48 bits per heavy atom. The molecule has 3 rings (SSSR count). The summed E-state index contributed by atoms with van der Waals surface area (Å²) in [5, 5.41) is 8.99. The van der Waals surface area contributed by atoms with Crippen molar-refractivity contribution in [3.8, 4) is 11.5 Å². The van der Waals surface area contributed by atoms with Crippen molar-refractivity contribution in [2.75, 3.05) is 5.75 Å². The molecule has 0 saturated carbocycles. The fourth-order valence-electron chi connectivity index (χ4n) is 1.97. The lowest BCUT2D eigenvalue weighted by Gasteiger charge is -2.06. The molecule has 0 fully saturated rings. The number of amides is 2. The lowest BCUT2D eigenvalue weighted by atomic mass is 10.2. The van der Waals surface area contributed by atoms with E-state index in [2.05, 4.69) is 21.0 Å². The van der Waals surface area contributed by atoms with Gasteiger partial charge in [-0.15, -0.1) is 10.2 Å². The summed E-state index contributed by atoms with van der Waals surface area (Å²) in [4.78, 5) is 23.8. The number of hydrogen-bond acceptors (Lipinski definition) is 6. The molecule has 1 aromatic heterocycles. The van der Waals surface area contributed by atoms with Crippen molar-refractivity contribution < 1.29 is 14.0 Å². The topological polar surface area (TPSA) is 97.1 Å². The Kier molecular flexibility index (Phi) is 6.33. The first-order chi connectivity index (χ1) is 13.0. The minimum absolute atomic E-state index is 0.0228. The lowest BCUT2D eigenvalue weighted by Crippen LogP contribution is -2.42. The van der Waals surface area contributed by atoms with E-state index in [1.807, 2.05) is 0 Å². The molecule has 2 amide bonds. The molecule has 0 atom stereocenters. The molecule has 10 heteroatoms. The predicted octanol–water partition coefficient (Wildman–Crippen LogP) is 3.60. The summed E-state index contributed by atoms with van der Waals surface area (Å²) < 4.78 is 5.48. The first-order valence-electron chi connectivity index (χ1n) is 7.59. The van der Waals surface area contributed by atoms with Crippen LogP contribution < -0.4 is 10.9 Å². The molecule has 7 nitrogen and oxygen atoms in total. The summed E-state index contributed by atoms with van der Waals surface area (Å²) in [6.07, 6.45) is 0. The monoisotopic (exact) mass is 422 g/mol. The Balaban J connectivity index is 1.49. The average Bonchev–Trinajstić information content (AvgIpc) is 3.14. The molecule has 2 N–H and O–H groups in total. The average molecular weight is 423 g/mol. The third-order valence-electron chi connectivity index (χ3n) is 3.26. The van der Waals surface area contributed by atoms with E-state index in [1.54, 1.807) is 48.5 Å². The number of aromatic nitrogens is 2. The second kappa shape index (κ2) is 8.90. The van der Waals surface area contributed by atoms with E-state index < -0.39 is 11.8 Å². The molecular weight excluding hydrogens is 411 g/mol. The van der Waals surface area contributed by atoms with Gasteiger partial charge in [-0.1, -0.05) is 47.1 Å². The van der Waals surface area contributed by atoms with Gasteiger partial charge < -0.3 is 4.42 Å². The van der Waals surface area contributed by atoms with Gasteiger partial charge in [0.05, 0.1) is 16.3 Å². The Bertz CT molecular complexity index is 963. The molecule has 0 bridgehead atoms. The number of carbonyl (C=O) groups excluding carboxylic acids is 2. The van der Waals surface area contributed by atoms with Gasteiger partial charge in [-0.2, -0.15) is 0 Å². The highest BCUT2D eigenvalue weighted by Crippen LogP contribution is 2.28. The van der Waals surface area contributed by atoms with Crippen LogP contribution in [0, 0.1) is 0 Å². The zero-order chi connectivity index (χ0) is 19.2. The van der Waals surface area contributed by atoms with E-state index in [0.29, 0.717) is 21.2 Å². The first kappa shape index (κ1) is 19.2. The van der Waals surface area contributed by atoms with Crippen LogP contribution in [0.25, 0.3) is 11.5 Å². The third-order valence-corrected chi connectivity index (χ3v) is 4.66. The van der Waals surface area contributed by atoms with Crippen LogP contribution in [0.3, 0.4) is 0 Å². The van der Waals surface area contributed by atoms with Crippen LogP contribution in [-0.4, -0.2) is 27.8 Å². The summed E-state index contributed by atoms with van der Waals surface area (Å²) in [7, 11) is 0. The van der Waals surface area contributed by atoms with Crippen LogP contribution in [0.4, 0.5) is 0 Å². The Morgan fingerprint density at radius 2 is 1.74 bits per heavy atom. The highest BCUT2D eigenvalue weighted by atomic mass is 35.5. The minimum atomic E-state index is -0.455. The van der Waals surface area contributed by atoms with Crippen molar-refractivity contribution in [3.63, 3.8) is 0 Å². The number of benzene rings is 2. The molecule has 0 spiro atoms.